The summed E-state index contributed by atoms with van der Waals surface area (Å²) in [5, 5.41) is 8.13. The van der Waals surface area contributed by atoms with Crippen LogP contribution in [0, 0.1) is 0 Å². The fourth-order valence-corrected chi connectivity index (χ4v) is 7.17. The molecule has 6 heteroatoms. The number of thiazole rings is 1. The topological polar surface area (TPSA) is 57.3 Å². The second-order valence-electron chi connectivity index (χ2n) is 9.82. The minimum Gasteiger partial charge on any atom is -0.324 e. The van der Waals surface area contributed by atoms with Crippen LogP contribution in [0.4, 0.5) is 5.69 Å². The van der Waals surface area contributed by atoms with Gasteiger partial charge in [0.15, 0.2) is 0 Å². The highest BCUT2D eigenvalue weighted by atomic mass is 32.1. The number of aryl methyl sites for hydroxylation is 1. The van der Waals surface area contributed by atoms with Crippen molar-refractivity contribution in [3.63, 3.8) is 0 Å². The molecule has 2 aliphatic heterocycles. The van der Waals surface area contributed by atoms with Crippen molar-refractivity contribution in [1.29, 1.82) is 0 Å². The number of carbonyl (C=O) groups excluding carboxylic acids is 1. The van der Waals surface area contributed by atoms with Crippen molar-refractivity contribution >= 4 is 33.1 Å². The summed E-state index contributed by atoms with van der Waals surface area (Å²) in [5.41, 5.74) is 4.22. The number of hydrogen-bond acceptors (Lipinski definition) is 5. The minimum absolute atomic E-state index is 0.140. The number of fused-ring (bicyclic) bond motifs is 1. The third kappa shape index (κ3) is 3.88. The Morgan fingerprint density at radius 2 is 2.00 bits per heavy atom. The Labute approximate surface area is 199 Å². The van der Waals surface area contributed by atoms with Gasteiger partial charge in [0.25, 0.3) is 0 Å². The van der Waals surface area contributed by atoms with Gasteiger partial charge < -0.3 is 10.2 Å². The van der Waals surface area contributed by atoms with E-state index in [1.165, 1.54) is 40.1 Å². The molecule has 1 amide bonds. The molecule has 6 rings (SSSR count). The highest BCUT2D eigenvalue weighted by Crippen LogP contribution is 2.45. The van der Waals surface area contributed by atoms with Gasteiger partial charge in [-0.2, -0.15) is 0 Å². The van der Waals surface area contributed by atoms with E-state index in [4.69, 9.17) is 4.98 Å². The van der Waals surface area contributed by atoms with Gasteiger partial charge in [0.1, 0.15) is 5.54 Å². The Hall–Kier alpha value is -2.28. The molecule has 0 bridgehead atoms. The van der Waals surface area contributed by atoms with Gasteiger partial charge in [-0.3, -0.25) is 10.1 Å². The van der Waals surface area contributed by atoms with Crippen molar-refractivity contribution < 1.29 is 4.79 Å². The molecule has 1 aromatic heterocycles. The average molecular weight is 461 g/mol. The summed E-state index contributed by atoms with van der Waals surface area (Å²) in [6.07, 6.45) is 7.74. The molecule has 1 fully saturated rings. The minimum atomic E-state index is -0.500. The van der Waals surface area contributed by atoms with Crippen LogP contribution in [0.1, 0.15) is 60.6 Å². The van der Waals surface area contributed by atoms with E-state index < -0.39 is 5.54 Å². The maximum atomic E-state index is 12.9. The molecule has 1 unspecified atom stereocenters. The van der Waals surface area contributed by atoms with Crippen LogP contribution in [0.3, 0.4) is 0 Å². The van der Waals surface area contributed by atoms with Crippen molar-refractivity contribution in [3.05, 3.63) is 58.6 Å². The van der Waals surface area contributed by atoms with E-state index in [1.807, 2.05) is 17.4 Å². The van der Waals surface area contributed by atoms with Crippen molar-refractivity contribution in [1.82, 2.24) is 15.2 Å². The lowest BCUT2D eigenvalue weighted by atomic mass is 9.77. The Morgan fingerprint density at radius 3 is 2.88 bits per heavy atom. The number of amides is 1. The number of hydrogen-bond donors (Lipinski definition) is 2. The number of carbonyl (C=O) groups is 1. The molecule has 2 aromatic carbocycles. The largest absolute Gasteiger partial charge is 0.324 e. The number of nitrogens with one attached hydrogen (secondary N) is 2. The molecule has 0 saturated carbocycles. The molecule has 3 heterocycles. The third-order valence-electron chi connectivity index (χ3n) is 7.79. The summed E-state index contributed by atoms with van der Waals surface area (Å²) >= 11 is 1.87. The average Bonchev–Trinajstić information content (AvgIpc) is 3.40. The lowest BCUT2D eigenvalue weighted by Crippen LogP contribution is -2.50. The van der Waals surface area contributed by atoms with Gasteiger partial charge in [-0.25, -0.2) is 4.98 Å². The van der Waals surface area contributed by atoms with Gasteiger partial charge in [0.05, 0.1) is 15.2 Å². The summed E-state index contributed by atoms with van der Waals surface area (Å²) in [4.78, 5) is 20.4. The maximum absolute atomic E-state index is 12.9. The Bertz CT molecular complexity index is 1130. The molecule has 1 aliphatic carbocycles. The predicted octanol–water partition coefficient (Wildman–Crippen LogP) is 5.03. The molecular formula is C27H32N4OS. The zero-order valence-corrected chi connectivity index (χ0v) is 19.9. The van der Waals surface area contributed by atoms with Gasteiger partial charge in [-0.05, 0) is 94.9 Å². The lowest BCUT2D eigenvalue weighted by Gasteiger charge is -2.34. The van der Waals surface area contributed by atoms with Gasteiger partial charge in [0, 0.05) is 17.2 Å². The fraction of sp³-hybridized carbons (Fsp3) is 0.481. The molecule has 0 spiro atoms. The van der Waals surface area contributed by atoms with E-state index in [0.29, 0.717) is 5.92 Å². The van der Waals surface area contributed by atoms with Crippen LogP contribution in [-0.2, 0) is 16.8 Å². The first-order valence-electron chi connectivity index (χ1n) is 12.5. The summed E-state index contributed by atoms with van der Waals surface area (Å²) in [6.45, 7) is 4.37. The second kappa shape index (κ2) is 8.82. The van der Waals surface area contributed by atoms with E-state index in [2.05, 4.69) is 51.9 Å². The number of para-hydroxylation sites is 1. The standard InChI is InChI=1S/C27H32N4OS/c32-26-27(14-6-8-19-7-5-10-22(30-26)24(19)27)28-15-3-4-16-31-17-12-20(13-18-31)25-29-21-9-1-2-11-23(21)33-25/h1-2,5,7,9-11,20,28H,3-4,6,8,12-18H2,(H,30,32). The van der Waals surface area contributed by atoms with Crippen LogP contribution >= 0.6 is 11.3 Å². The number of anilines is 1. The molecule has 5 nitrogen and oxygen atoms in total. The monoisotopic (exact) mass is 460 g/mol. The van der Waals surface area contributed by atoms with E-state index in [-0.39, 0.29) is 5.91 Å². The molecule has 3 aliphatic rings. The number of likely N-dealkylation sites (tertiary alicyclic amines) is 1. The van der Waals surface area contributed by atoms with Gasteiger partial charge >= 0.3 is 0 Å². The predicted molar refractivity (Wildman–Crippen MR) is 135 cm³/mol. The number of unbranched alkanes of at least 4 members (excludes halogenated alkanes) is 1. The fourth-order valence-electron chi connectivity index (χ4n) is 6.03. The lowest BCUT2D eigenvalue weighted by molar-refractivity contribution is -0.122. The Balaban J connectivity index is 0.979. The summed E-state index contributed by atoms with van der Waals surface area (Å²) in [6, 6.07) is 14.8. The van der Waals surface area contributed by atoms with Crippen LogP contribution in [0.5, 0.6) is 0 Å². The van der Waals surface area contributed by atoms with Crippen LogP contribution in [0.15, 0.2) is 42.5 Å². The quantitative estimate of drug-likeness (QED) is 0.486. The highest BCUT2D eigenvalue weighted by molar-refractivity contribution is 7.18. The highest BCUT2D eigenvalue weighted by Gasteiger charge is 2.48. The first kappa shape index (κ1) is 21.3. The van der Waals surface area contributed by atoms with Gasteiger partial charge in [-0.15, -0.1) is 11.3 Å². The second-order valence-corrected chi connectivity index (χ2v) is 10.9. The van der Waals surface area contributed by atoms with Crippen LogP contribution in [0.25, 0.3) is 10.2 Å². The third-order valence-corrected chi connectivity index (χ3v) is 8.99. The number of rotatable bonds is 7. The number of nitrogens with zero attached hydrogens (tertiary/aromatic N) is 2. The van der Waals surface area contributed by atoms with E-state index in [0.717, 1.165) is 63.1 Å². The van der Waals surface area contributed by atoms with E-state index >= 15 is 0 Å². The van der Waals surface area contributed by atoms with Crippen LogP contribution in [0.2, 0.25) is 0 Å². The summed E-state index contributed by atoms with van der Waals surface area (Å²) in [5.74, 6) is 0.752. The Morgan fingerprint density at radius 1 is 1.12 bits per heavy atom. The molecule has 1 saturated heterocycles. The molecule has 33 heavy (non-hydrogen) atoms. The smallest absolute Gasteiger partial charge is 0.249 e. The maximum Gasteiger partial charge on any atom is 0.249 e. The molecule has 1 atom stereocenters. The normalized spacial score (nSPS) is 23.1. The SMILES string of the molecule is O=C1Nc2cccc3c2C1(NCCCCN1CCC(c2nc4ccccc4s2)CC1)CCC3. The van der Waals surface area contributed by atoms with Crippen LogP contribution in [-0.4, -0.2) is 42.0 Å². The van der Waals surface area contributed by atoms with E-state index in [9.17, 15) is 4.79 Å². The number of benzene rings is 2. The number of piperidine rings is 1. The van der Waals surface area contributed by atoms with Crippen molar-refractivity contribution in [3.8, 4) is 0 Å². The molecule has 172 valence electrons. The van der Waals surface area contributed by atoms with Crippen molar-refractivity contribution in [2.75, 3.05) is 31.5 Å². The summed E-state index contributed by atoms with van der Waals surface area (Å²) < 4.78 is 1.31. The van der Waals surface area contributed by atoms with Crippen LogP contribution < -0.4 is 10.6 Å². The zero-order chi connectivity index (χ0) is 22.3. The molecule has 3 aromatic rings. The molecular weight excluding hydrogens is 428 g/mol. The van der Waals surface area contributed by atoms with Crippen molar-refractivity contribution in [2.45, 2.75) is 56.4 Å². The number of aromatic nitrogens is 1. The zero-order valence-electron chi connectivity index (χ0n) is 19.1. The summed E-state index contributed by atoms with van der Waals surface area (Å²) in [7, 11) is 0. The first-order chi connectivity index (χ1) is 16.2. The van der Waals surface area contributed by atoms with Gasteiger partial charge in [0.2, 0.25) is 5.91 Å². The first-order valence-corrected chi connectivity index (χ1v) is 13.3. The van der Waals surface area contributed by atoms with Crippen molar-refractivity contribution in [2.24, 2.45) is 0 Å². The van der Waals surface area contributed by atoms with E-state index in [1.54, 1.807) is 0 Å². The molecule has 2 N–H and O–H groups in total. The Kier molecular flexibility index (Phi) is 5.68. The molecule has 0 radical (unpaired) electrons. The van der Waals surface area contributed by atoms with Gasteiger partial charge in [-0.1, -0.05) is 24.3 Å².